The topological polar surface area (TPSA) is 140 Å². The fourth-order valence-corrected chi connectivity index (χ4v) is 2.07. The zero-order valence-electron chi connectivity index (χ0n) is 14.9. The molecule has 0 aliphatic carbocycles. The Balaban J connectivity index is 1.74. The number of carbonyl (C=O) groups excluding carboxylic acids is 3. The lowest BCUT2D eigenvalue weighted by atomic mass is 10.3. The third kappa shape index (κ3) is 6.41. The van der Waals surface area contributed by atoms with E-state index >= 15 is 0 Å². The quantitative estimate of drug-likeness (QED) is 0.379. The summed E-state index contributed by atoms with van der Waals surface area (Å²) in [6.45, 7) is 0.850. The van der Waals surface area contributed by atoms with Crippen LogP contribution in [0.4, 0.5) is 21.9 Å². The number of para-hydroxylation sites is 1. The lowest BCUT2D eigenvalue weighted by molar-refractivity contribution is -0.384. The van der Waals surface area contributed by atoms with Gasteiger partial charge < -0.3 is 20.7 Å². The minimum atomic E-state index is -0.976. The zero-order chi connectivity index (χ0) is 20.5. The molecule has 10 heteroatoms. The summed E-state index contributed by atoms with van der Waals surface area (Å²) < 4.78 is 4.85. The van der Waals surface area contributed by atoms with Crippen molar-refractivity contribution in [3.8, 4) is 0 Å². The van der Waals surface area contributed by atoms with Gasteiger partial charge in [0.25, 0.3) is 11.6 Å². The number of non-ortho nitro benzene ring substituents is 1. The van der Waals surface area contributed by atoms with Crippen molar-refractivity contribution >= 4 is 35.0 Å². The van der Waals surface area contributed by atoms with Gasteiger partial charge in [-0.05, 0) is 31.2 Å². The Labute approximate surface area is 160 Å². The molecule has 2 aromatic carbocycles. The molecule has 0 saturated carbocycles. The van der Waals surface area contributed by atoms with Crippen molar-refractivity contribution < 1.29 is 24.0 Å². The van der Waals surface area contributed by atoms with Gasteiger partial charge in [-0.2, -0.15) is 0 Å². The second kappa shape index (κ2) is 9.67. The molecule has 0 unspecified atom stereocenters. The Morgan fingerprint density at radius 1 is 1.00 bits per heavy atom. The van der Waals surface area contributed by atoms with E-state index in [0.29, 0.717) is 11.4 Å². The molecule has 2 rings (SSSR count). The molecule has 0 bridgehead atoms. The number of amides is 3. The summed E-state index contributed by atoms with van der Waals surface area (Å²) >= 11 is 0. The van der Waals surface area contributed by atoms with Crippen LogP contribution in [0.1, 0.15) is 6.92 Å². The van der Waals surface area contributed by atoms with E-state index in [1.54, 1.807) is 30.3 Å². The van der Waals surface area contributed by atoms with Crippen molar-refractivity contribution in [1.29, 1.82) is 0 Å². The summed E-state index contributed by atoms with van der Waals surface area (Å²) in [6.07, 6.45) is 0. The monoisotopic (exact) mass is 386 g/mol. The summed E-state index contributed by atoms with van der Waals surface area (Å²) in [5.74, 6) is -1.41. The van der Waals surface area contributed by atoms with Crippen molar-refractivity contribution in [1.82, 2.24) is 5.32 Å². The molecule has 0 spiro atoms. The summed E-state index contributed by atoms with van der Waals surface area (Å²) in [4.78, 5) is 45.5. The maximum atomic E-state index is 11.9. The molecule has 3 amide bonds. The molecule has 146 valence electrons. The van der Waals surface area contributed by atoms with Gasteiger partial charge in [0, 0.05) is 23.5 Å². The molecular formula is C18H18N4O6. The van der Waals surface area contributed by atoms with Crippen LogP contribution < -0.4 is 16.0 Å². The van der Waals surface area contributed by atoms with Gasteiger partial charge in [-0.15, -0.1) is 0 Å². The van der Waals surface area contributed by atoms with Crippen molar-refractivity contribution in [3.63, 3.8) is 0 Å². The molecular weight excluding hydrogens is 368 g/mol. The number of nitro groups is 1. The van der Waals surface area contributed by atoms with Crippen LogP contribution in [0.2, 0.25) is 0 Å². The van der Waals surface area contributed by atoms with E-state index < -0.39 is 35.5 Å². The number of carbonyl (C=O) groups is 3. The normalized spacial score (nSPS) is 11.0. The van der Waals surface area contributed by atoms with Crippen LogP contribution in [-0.4, -0.2) is 35.5 Å². The first-order valence-corrected chi connectivity index (χ1v) is 8.18. The Kier molecular flexibility index (Phi) is 7.03. The highest BCUT2D eigenvalue weighted by Crippen LogP contribution is 2.15. The number of nitro benzene ring substituents is 1. The van der Waals surface area contributed by atoms with Gasteiger partial charge >= 0.3 is 12.0 Å². The van der Waals surface area contributed by atoms with E-state index in [-0.39, 0.29) is 5.69 Å². The Bertz CT molecular complexity index is 854. The maximum Gasteiger partial charge on any atom is 0.328 e. The van der Waals surface area contributed by atoms with Crippen LogP contribution in [-0.2, 0) is 14.3 Å². The van der Waals surface area contributed by atoms with Crippen molar-refractivity contribution in [2.45, 2.75) is 13.0 Å². The molecule has 28 heavy (non-hydrogen) atoms. The predicted molar refractivity (Wildman–Crippen MR) is 101 cm³/mol. The SMILES string of the molecule is C[C@H](NC(=O)Nc1ccccc1)C(=O)OCC(=O)Nc1ccc([N+](=O)[O-])cc1. The molecule has 0 fully saturated rings. The number of anilines is 2. The summed E-state index contributed by atoms with van der Waals surface area (Å²) in [6, 6.07) is 12.3. The average Bonchev–Trinajstić information content (AvgIpc) is 2.67. The largest absolute Gasteiger partial charge is 0.454 e. The van der Waals surface area contributed by atoms with Crippen molar-refractivity contribution in [3.05, 3.63) is 64.7 Å². The standard InChI is InChI=1S/C18H18N4O6/c1-12(19-18(25)21-13-5-3-2-4-6-13)17(24)28-11-16(23)20-14-7-9-15(10-8-14)22(26)27/h2-10,12H,11H2,1H3,(H,20,23)(H2,19,21,25)/t12-/m0/s1. The number of rotatable bonds is 7. The molecule has 0 radical (unpaired) electrons. The zero-order valence-corrected chi connectivity index (χ0v) is 14.9. The van der Waals surface area contributed by atoms with Crippen LogP contribution >= 0.6 is 0 Å². The molecule has 1 atom stereocenters. The number of hydrogen-bond acceptors (Lipinski definition) is 6. The molecule has 0 aromatic heterocycles. The number of ether oxygens (including phenoxy) is 1. The van der Waals surface area contributed by atoms with Gasteiger partial charge in [-0.1, -0.05) is 18.2 Å². The van der Waals surface area contributed by atoms with Crippen LogP contribution in [0.5, 0.6) is 0 Å². The average molecular weight is 386 g/mol. The lowest BCUT2D eigenvalue weighted by Crippen LogP contribution is -2.42. The first kappa shape index (κ1) is 20.4. The van der Waals surface area contributed by atoms with E-state index in [1.165, 1.54) is 31.2 Å². The minimum Gasteiger partial charge on any atom is -0.454 e. The maximum absolute atomic E-state index is 11.9. The van der Waals surface area contributed by atoms with Crippen molar-refractivity contribution in [2.24, 2.45) is 0 Å². The molecule has 0 saturated heterocycles. The van der Waals surface area contributed by atoms with Crippen LogP contribution in [0.15, 0.2) is 54.6 Å². The second-order valence-electron chi connectivity index (χ2n) is 5.65. The van der Waals surface area contributed by atoms with Gasteiger partial charge in [-0.25, -0.2) is 9.59 Å². The number of hydrogen-bond donors (Lipinski definition) is 3. The fourth-order valence-electron chi connectivity index (χ4n) is 2.07. The number of benzene rings is 2. The van der Waals surface area contributed by atoms with Gasteiger partial charge in [0.2, 0.25) is 0 Å². The molecule has 0 aliphatic rings. The fraction of sp³-hybridized carbons (Fsp3) is 0.167. The van der Waals surface area contributed by atoms with E-state index in [0.717, 1.165) is 0 Å². The third-order valence-corrected chi connectivity index (χ3v) is 3.44. The van der Waals surface area contributed by atoms with Crippen LogP contribution in [0, 0.1) is 10.1 Å². The van der Waals surface area contributed by atoms with Crippen molar-refractivity contribution in [2.75, 3.05) is 17.2 Å². The number of nitrogens with zero attached hydrogens (tertiary/aromatic N) is 1. The van der Waals surface area contributed by atoms with E-state index in [1.807, 2.05) is 0 Å². The number of esters is 1. The summed E-state index contributed by atoms with van der Waals surface area (Å²) in [5.41, 5.74) is 0.765. The summed E-state index contributed by atoms with van der Waals surface area (Å²) in [7, 11) is 0. The second-order valence-corrected chi connectivity index (χ2v) is 5.65. The lowest BCUT2D eigenvalue weighted by Gasteiger charge is -2.14. The third-order valence-electron chi connectivity index (χ3n) is 3.44. The van der Waals surface area contributed by atoms with E-state index in [9.17, 15) is 24.5 Å². The highest BCUT2D eigenvalue weighted by atomic mass is 16.6. The van der Waals surface area contributed by atoms with Gasteiger partial charge in [0.15, 0.2) is 6.61 Å². The first-order valence-electron chi connectivity index (χ1n) is 8.18. The van der Waals surface area contributed by atoms with Crippen LogP contribution in [0.3, 0.4) is 0 Å². The first-order chi connectivity index (χ1) is 13.3. The number of urea groups is 1. The van der Waals surface area contributed by atoms with E-state index in [2.05, 4.69) is 16.0 Å². The number of nitrogens with one attached hydrogen (secondary N) is 3. The summed E-state index contributed by atoms with van der Waals surface area (Å²) in [5, 5.41) is 18.0. The Morgan fingerprint density at radius 3 is 2.21 bits per heavy atom. The van der Waals surface area contributed by atoms with Gasteiger partial charge in [0.1, 0.15) is 6.04 Å². The smallest absolute Gasteiger partial charge is 0.328 e. The van der Waals surface area contributed by atoms with Gasteiger partial charge in [-0.3, -0.25) is 14.9 Å². The Hall–Kier alpha value is -3.95. The van der Waals surface area contributed by atoms with Gasteiger partial charge in [0.05, 0.1) is 4.92 Å². The highest BCUT2D eigenvalue weighted by molar-refractivity contribution is 5.94. The molecule has 2 aromatic rings. The molecule has 3 N–H and O–H groups in total. The Morgan fingerprint density at radius 2 is 1.61 bits per heavy atom. The van der Waals surface area contributed by atoms with E-state index in [4.69, 9.17) is 4.74 Å². The predicted octanol–water partition coefficient (Wildman–Crippen LogP) is 2.29. The van der Waals surface area contributed by atoms with Crippen LogP contribution in [0.25, 0.3) is 0 Å². The molecule has 0 heterocycles. The molecule has 10 nitrogen and oxygen atoms in total. The highest BCUT2D eigenvalue weighted by Gasteiger charge is 2.18. The molecule has 0 aliphatic heterocycles. The minimum absolute atomic E-state index is 0.113.